The number of nitrogens with zero attached hydrogens (tertiary/aromatic N) is 1. The van der Waals surface area contributed by atoms with Gasteiger partial charge in [-0.2, -0.15) is 5.84 Å². The molecule has 0 heterocycles. The number of rotatable bonds is 3. The molecule has 5 nitrogen and oxygen atoms in total. The van der Waals surface area contributed by atoms with Gasteiger partial charge in [0.2, 0.25) is 10.0 Å². The van der Waals surface area contributed by atoms with E-state index in [1.165, 1.54) is 0 Å². The lowest BCUT2D eigenvalue weighted by atomic mass is 10.6. The summed E-state index contributed by atoms with van der Waals surface area (Å²) < 4.78 is 20.9. The van der Waals surface area contributed by atoms with Gasteiger partial charge in [-0.3, -0.25) is 4.59 Å². The van der Waals surface area contributed by atoms with Gasteiger partial charge in [-0.1, -0.05) is 0 Å². The number of sulfonamides is 1. The molecule has 0 aromatic heterocycles. The lowest BCUT2D eigenvalue weighted by Gasteiger charge is -2.21. The fraction of sp³-hybridized carbons (Fsp3) is 1.00. The molecule has 0 fully saturated rings. The van der Waals surface area contributed by atoms with E-state index in [-0.39, 0.29) is 10.3 Å². The fourth-order valence-electron chi connectivity index (χ4n) is 0.363. The monoisotopic (exact) mass is 168 g/mol. The van der Waals surface area contributed by atoms with Crippen LogP contribution in [0.3, 0.4) is 0 Å². The van der Waals surface area contributed by atoms with Crippen LogP contribution < -0.4 is 11.0 Å². The maximum absolute atomic E-state index is 10.4. The van der Waals surface area contributed by atoms with Gasteiger partial charge in [0.1, 0.15) is 12.3 Å². The summed E-state index contributed by atoms with van der Waals surface area (Å²) >= 11 is 0. The summed E-state index contributed by atoms with van der Waals surface area (Å²) in [5.74, 6) is 5.39. The van der Waals surface area contributed by atoms with Crippen LogP contribution in [0.4, 0.5) is 0 Å². The molecule has 0 atom stereocenters. The van der Waals surface area contributed by atoms with Crippen LogP contribution in [0, 0.1) is 0 Å². The molecule has 0 aliphatic heterocycles. The van der Waals surface area contributed by atoms with Gasteiger partial charge in [0.05, 0.1) is 14.1 Å². The lowest BCUT2D eigenvalue weighted by molar-refractivity contribution is -0.899. The second-order valence-electron chi connectivity index (χ2n) is 2.87. The number of hydrogen-bond donors (Lipinski definition) is 2. The van der Waals surface area contributed by atoms with Crippen molar-refractivity contribution in [3.8, 4) is 0 Å². The summed E-state index contributed by atoms with van der Waals surface area (Å²) in [6, 6.07) is 0. The van der Waals surface area contributed by atoms with Gasteiger partial charge in [-0.05, 0) is 0 Å². The van der Waals surface area contributed by atoms with Crippen molar-refractivity contribution in [1.29, 1.82) is 0 Å². The molecule has 0 unspecified atom stereocenters. The smallest absolute Gasteiger partial charge is 0.214 e. The minimum absolute atomic E-state index is 0.0729. The summed E-state index contributed by atoms with van der Waals surface area (Å²) in [5.41, 5.74) is 0. The van der Waals surface area contributed by atoms with Crippen LogP contribution in [-0.2, 0) is 10.0 Å². The highest BCUT2D eigenvalue weighted by atomic mass is 32.2. The van der Waals surface area contributed by atoms with E-state index in [2.05, 4.69) is 0 Å². The number of primary sulfonamides is 1. The Morgan fingerprint density at radius 3 is 1.90 bits per heavy atom. The minimum Gasteiger partial charge on any atom is -0.252 e. The van der Waals surface area contributed by atoms with E-state index in [9.17, 15) is 8.42 Å². The molecular weight excluding hydrogens is 154 g/mol. The first kappa shape index (κ1) is 9.83. The summed E-state index contributed by atoms with van der Waals surface area (Å²) in [5, 5.41) is 4.75. The van der Waals surface area contributed by atoms with Gasteiger partial charge in [0, 0.05) is 0 Å². The van der Waals surface area contributed by atoms with Crippen molar-refractivity contribution in [3.63, 3.8) is 0 Å². The van der Waals surface area contributed by atoms with Crippen LogP contribution in [0.25, 0.3) is 0 Å². The molecule has 0 rings (SSSR count). The van der Waals surface area contributed by atoms with E-state index in [0.29, 0.717) is 6.54 Å². The van der Waals surface area contributed by atoms with Gasteiger partial charge < -0.3 is 0 Å². The van der Waals surface area contributed by atoms with Crippen molar-refractivity contribution in [3.05, 3.63) is 0 Å². The van der Waals surface area contributed by atoms with E-state index >= 15 is 0 Å². The highest BCUT2D eigenvalue weighted by molar-refractivity contribution is 7.89. The molecule has 0 spiro atoms. The van der Waals surface area contributed by atoms with Crippen LogP contribution in [-0.4, -0.2) is 39.4 Å². The Morgan fingerprint density at radius 2 is 1.80 bits per heavy atom. The van der Waals surface area contributed by atoms with Crippen molar-refractivity contribution in [2.45, 2.75) is 0 Å². The second kappa shape index (κ2) is 2.83. The minimum atomic E-state index is -3.35. The Balaban J connectivity index is 3.79. The maximum Gasteiger partial charge on any atom is 0.214 e. The molecule has 0 aliphatic rings. The molecule has 6 heteroatoms. The van der Waals surface area contributed by atoms with Gasteiger partial charge in [0.15, 0.2) is 0 Å². The molecule has 0 saturated carbocycles. The molecule has 0 aromatic carbocycles. The van der Waals surface area contributed by atoms with Crippen LogP contribution in [0.2, 0.25) is 0 Å². The number of hydrogen-bond acceptors (Lipinski definition) is 3. The quantitative estimate of drug-likeness (QED) is 0.297. The first-order chi connectivity index (χ1) is 4.21. The number of quaternary nitrogens is 1. The van der Waals surface area contributed by atoms with E-state index in [1.807, 2.05) is 0 Å². The molecular formula is C4H14N3O2S+. The standard InChI is InChI=1S/C4H14N3O2S/c1-7(2,5)3-4-10(6,8)9/h3-5H2,1-2H3,(H2,6,8,9)/q+1. The lowest BCUT2D eigenvalue weighted by Crippen LogP contribution is -2.49. The molecule has 62 valence electrons. The Bertz CT molecular complexity index is 191. The van der Waals surface area contributed by atoms with E-state index < -0.39 is 10.0 Å². The Hall–Kier alpha value is -0.170. The average Bonchev–Trinajstić information content (AvgIpc) is 1.57. The highest BCUT2D eigenvalue weighted by Gasteiger charge is 2.12. The zero-order chi connectivity index (χ0) is 8.41. The van der Waals surface area contributed by atoms with Crippen molar-refractivity contribution < 1.29 is 13.0 Å². The summed E-state index contributed by atoms with van der Waals surface area (Å²) in [6.07, 6.45) is 0. The van der Waals surface area contributed by atoms with Crippen molar-refractivity contribution in [1.82, 2.24) is 0 Å². The summed E-state index contributed by atoms with van der Waals surface area (Å²) in [7, 11) is 0.0462. The Morgan fingerprint density at radius 1 is 1.40 bits per heavy atom. The third-order valence-electron chi connectivity index (χ3n) is 0.952. The van der Waals surface area contributed by atoms with E-state index in [0.717, 1.165) is 0 Å². The second-order valence-corrected chi connectivity index (χ2v) is 4.60. The number of nitrogens with two attached hydrogens (primary N) is 2. The van der Waals surface area contributed by atoms with Crippen LogP contribution >= 0.6 is 0 Å². The van der Waals surface area contributed by atoms with Gasteiger partial charge in [-0.25, -0.2) is 13.6 Å². The van der Waals surface area contributed by atoms with Crippen LogP contribution in [0.5, 0.6) is 0 Å². The largest absolute Gasteiger partial charge is 0.252 e. The maximum atomic E-state index is 10.4. The molecule has 0 aliphatic carbocycles. The van der Waals surface area contributed by atoms with Crippen LogP contribution in [0.15, 0.2) is 0 Å². The average molecular weight is 168 g/mol. The van der Waals surface area contributed by atoms with E-state index in [4.69, 9.17) is 11.0 Å². The third kappa shape index (κ3) is 7.83. The Kier molecular flexibility index (Phi) is 2.78. The molecule has 0 bridgehead atoms. The first-order valence-corrected chi connectivity index (χ1v) is 4.54. The van der Waals surface area contributed by atoms with Crippen molar-refractivity contribution in [2.24, 2.45) is 11.0 Å². The van der Waals surface area contributed by atoms with Gasteiger partial charge in [0.25, 0.3) is 0 Å². The van der Waals surface area contributed by atoms with Crippen molar-refractivity contribution >= 4 is 10.0 Å². The molecule has 0 saturated heterocycles. The topological polar surface area (TPSA) is 86.2 Å². The van der Waals surface area contributed by atoms with Crippen LogP contribution in [0.1, 0.15) is 0 Å². The predicted octanol–water partition coefficient (Wildman–Crippen LogP) is -1.77. The predicted molar refractivity (Wildman–Crippen MR) is 39.1 cm³/mol. The molecule has 10 heavy (non-hydrogen) atoms. The SMILES string of the molecule is C[N+](C)(N)CCS(N)(=O)=O. The first-order valence-electron chi connectivity index (χ1n) is 2.83. The molecule has 0 amide bonds. The molecule has 0 aromatic rings. The van der Waals surface area contributed by atoms with E-state index in [1.54, 1.807) is 14.1 Å². The molecule has 4 N–H and O–H groups in total. The van der Waals surface area contributed by atoms with Crippen molar-refractivity contribution in [2.75, 3.05) is 26.4 Å². The molecule has 0 radical (unpaired) electrons. The Labute approximate surface area is 61.2 Å². The third-order valence-corrected chi connectivity index (χ3v) is 1.70. The van der Waals surface area contributed by atoms with Gasteiger partial charge in [-0.15, -0.1) is 0 Å². The zero-order valence-corrected chi connectivity index (χ0v) is 7.06. The normalized spacial score (nSPS) is 13.6. The van der Waals surface area contributed by atoms with Gasteiger partial charge >= 0.3 is 0 Å². The summed E-state index contributed by atoms with van der Waals surface area (Å²) in [6.45, 7) is 0.332. The fourth-order valence-corrected chi connectivity index (χ4v) is 1.09. The zero-order valence-electron chi connectivity index (χ0n) is 6.24. The highest BCUT2D eigenvalue weighted by Crippen LogP contribution is 1.86. The summed E-state index contributed by atoms with van der Waals surface area (Å²) in [4.78, 5) is 0.